The van der Waals surface area contributed by atoms with Crippen LogP contribution in [0.25, 0.3) is 23.3 Å². The average Bonchev–Trinajstić information content (AvgIpc) is 3.16. The van der Waals surface area contributed by atoms with Crippen LogP contribution in [0.15, 0.2) is 91.0 Å². The molecule has 1 N–H and O–H groups in total. The van der Waals surface area contributed by atoms with Crippen LogP contribution in [-0.2, 0) is 27.1 Å². The molecule has 2 atom stereocenters. The monoisotopic (exact) mass is 562 g/mol. The van der Waals surface area contributed by atoms with Crippen LogP contribution in [0.1, 0.15) is 59.8 Å². The van der Waals surface area contributed by atoms with E-state index in [1.54, 1.807) is 6.92 Å². The van der Waals surface area contributed by atoms with Crippen molar-refractivity contribution in [1.29, 1.82) is 0 Å². The third-order valence-electron chi connectivity index (χ3n) is 7.52. The van der Waals surface area contributed by atoms with Crippen molar-refractivity contribution in [2.75, 3.05) is 19.8 Å². The van der Waals surface area contributed by atoms with E-state index < -0.39 is 12.1 Å². The largest absolute Gasteiger partial charge is 0.491 e. The SMILES string of the molecule is CCCc1ccc2c(c1)C=Cc1ccc(-c3ccccc3)cc1C2OCCOc1ccc(CC(OCC)C(=O)O)cc1. The zero-order chi connectivity index (χ0) is 29.3. The lowest BCUT2D eigenvalue weighted by Crippen LogP contribution is -2.26. The summed E-state index contributed by atoms with van der Waals surface area (Å²) in [4.78, 5) is 11.4. The van der Waals surface area contributed by atoms with E-state index >= 15 is 0 Å². The maximum absolute atomic E-state index is 11.4. The van der Waals surface area contributed by atoms with Crippen molar-refractivity contribution >= 4 is 18.1 Å². The minimum absolute atomic E-state index is 0.234. The van der Waals surface area contributed by atoms with Crippen molar-refractivity contribution in [2.45, 2.75) is 45.3 Å². The summed E-state index contributed by atoms with van der Waals surface area (Å²) in [5, 5.41) is 9.35. The van der Waals surface area contributed by atoms with E-state index in [4.69, 9.17) is 14.2 Å². The molecule has 0 aliphatic heterocycles. The fourth-order valence-electron chi connectivity index (χ4n) is 5.42. The van der Waals surface area contributed by atoms with Gasteiger partial charge in [0.2, 0.25) is 0 Å². The molecule has 5 heteroatoms. The average molecular weight is 563 g/mol. The number of carboxylic acid groups (broad SMARTS) is 1. The first-order valence-electron chi connectivity index (χ1n) is 14.7. The topological polar surface area (TPSA) is 65.0 Å². The van der Waals surface area contributed by atoms with Gasteiger partial charge in [-0.15, -0.1) is 0 Å². The molecule has 42 heavy (non-hydrogen) atoms. The molecule has 0 amide bonds. The van der Waals surface area contributed by atoms with Crippen LogP contribution in [0, 0.1) is 0 Å². The number of fused-ring (bicyclic) bond motifs is 2. The van der Waals surface area contributed by atoms with Crippen molar-refractivity contribution in [1.82, 2.24) is 0 Å². The lowest BCUT2D eigenvalue weighted by atomic mass is 9.92. The number of aliphatic carboxylic acids is 1. The second kappa shape index (κ2) is 14.1. The number of aryl methyl sites for hydroxylation is 1. The van der Waals surface area contributed by atoms with E-state index in [1.165, 1.54) is 16.7 Å². The Hall–Kier alpha value is -4.19. The van der Waals surface area contributed by atoms with Gasteiger partial charge in [0, 0.05) is 13.0 Å². The van der Waals surface area contributed by atoms with Crippen LogP contribution < -0.4 is 4.74 Å². The van der Waals surface area contributed by atoms with Gasteiger partial charge in [-0.1, -0.05) is 98.3 Å². The quantitative estimate of drug-likeness (QED) is 0.167. The molecule has 0 saturated heterocycles. The summed E-state index contributed by atoms with van der Waals surface area (Å²) in [6, 6.07) is 31.2. The molecule has 0 fully saturated rings. The van der Waals surface area contributed by atoms with Gasteiger partial charge < -0.3 is 19.3 Å². The lowest BCUT2D eigenvalue weighted by molar-refractivity contribution is -0.149. The van der Waals surface area contributed by atoms with Gasteiger partial charge in [0.25, 0.3) is 0 Å². The Balaban J connectivity index is 1.32. The Labute approximate surface area is 248 Å². The highest BCUT2D eigenvalue weighted by atomic mass is 16.5. The summed E-state index contributed by atoms with van der Waals surface area (Å²) in [6.07, 6.45) is 5.78. The molecule has 0 radical (unpaired) electrons. The first kappa shape index (κ1) is 29.3. The second-order valence-electron chi connectivity index (χ2n) is 10.5. The van der Waals surface area contributed by atoms with Crippen LogP contribution in [0.2, 0.25) is 0 Å². The number of hydrogen-bond acceptors (Lipinski definition) is 4. The third kappa shape index (κ3) is 7.17. The van der Waals surface area contributed by atoms with Gasteiger partial charge in [-0.2, -0.15) is 0 Å². The number of rotatable bonds is 13. The van der Waals surface area contributed by atoms with Gasteiger partial charge in [-0.25, -0.2) is 4.79 Å². The molecular formula is C37H38O5. The molecule has 2 unspecified atom stereocenters. The summed E-state index contributed by atoms with van der Waals surface area (Å²) >= 11 is 0. The minimum atomic E-state index is -0.955. The van der Waals surface area contributed by atoms with Crippen LogP contribution in [0.5, 0.6) is 5.75 Å². The van der Waals surface area contributed by atoms with E-state index in [-0.39, 0.29) is 6.10 Å². The van der Waals surface area contributed by atoms with Gasteiger partial charge in [0.05, 0.1) is 6.61 Å². The highest BCUT2D eigenvalue weighted by molar-refractivity contribution is 5.78. The highest BCUT2D eigenvalue weighted by Crippen LogP contribution is 2.38. The molecular weight excluding hydrogens is 524 g/mol. The molecule has 4 aromatic rings. The smallest absolute Gasteiger partial charge is 0.333 e. The molecule has 0 spiro atoms. The highest BCUT2D eigenvalue weighted by Gasteiger charge is 2.23. The Kier molecular flexibility index (Phi) is 9.86. The number of carbonyl (C=O) groups is 1. The molecule has 0 saturated carbocycles. The Morgan fingerprint density at radius 3 is 2.29 bits per heavy atom. The normalized spacial score (nSPS) is 14.5. The van der Waals surface area contributed by atoms with E-state index in [2.05, 4.69) is 79.7 Å². The molecule has 5 nitrogen and oxygen atoms in total. The summed E-state index contributed by atoms with van der Waals surface area (Å²) in [5.74, 6) is -0.242. The standard InChI is InChI=1S/C37H38O5/c1-3-8-26-13-20-33-31(23-26)17-15-29-14-16-30(28-9-6-5-7-10-28)25-34(29)36(33)42-22-21-41-32-18-11-27(12-19-32)24-35(37(38)39)40-4-2/h5-7,9-20,23,25,35-36H,3-4,8,21-22,24H2,1-2H3,(H,38,39). The Morgan fingerprint density at radius 2 is 1.55 bits per heavy atom. The van der Waals surface area contributed by atoms with E-state index in [0.717, 1.165) is 40.7 Å². The number of hydrogen-bond donors (Lipinski definition) is 1. The van der Waals surface area contributed by atoms with Crippen LogP contribution in [0.3, 0.4) is 0 Å². The first-order valence-corrected chi connectivity index (χ1v) is 14.7. The number of carboxylic acids is 1. The van der Waals surface area contributed by atoms with Crippen LogP contribution in [0.4, 0.5) is 0 Å². The van der Waals surface area contributed by atoms with Gasteiger partial charge in [-0.3, -0.25) is 0 Å². The molecule has 0 aromatic heterocycles. The van der Waals surface area contributed by atoms with Gasteiger partial charge in [0.1, 0.15) is 18.5 Å². The summed E-state index contributed by atoms with van der Waals surface area (Å²) in [6.45, 7) is 5.15. The fraction of sp³-hybridized carbons (Fsp3) is 0.270. The second-order valence-corrected chi connectivity index (χ2v) is 10.5. The summed E-state index contributed by atoms with van der Waals surface area (Å²) in [7, 11) is 0. The van der Waals surface area contributed by atoms with Crippen LogP contribution in [-0.4, -0.2) is 37.0 Å². The molecule has 1 aliphatic rings. The fourth-order valence-corrected chi connectivity index (χ4v) is 5.42. The third-order valence-corrected chi connectivity index (χ3v) is 7.52. The zero-order valence-electron chi connectivity index (χ0n) is 24.3. The zero-order valence-corrected chi connectivity index (χ0v) is 24.3. The maximum Gasteiger partial charge on any atom is 0.333 e. The first-order chi connectivity index (χ1) is 20.6. The van der Waals surface area contributed by atoms with Gasteiger partial charge >= 0.3 is 5.97 Å². The van der Waals surface area contributed by atoms with Gasteiger partial charge in [0.15, 0.2) is 6.10 Å². The van der Waals surface area contributed by atoms with Crippen molar-refractivity contribution in [3.05, 3.63) is 124 Å². The predicted molar refractivity (Wildman–Crippen MR) is 168 cm³/mol. The van der Waals surface area contributed by atoms with Crippen molar-refractivity contribution < 1.29 is 24.1 Å². The van der Waals surface area contributed by atoms with E-state index in [9.17, 15) is 9.90 Å². The summed E-state index contributed by atoms with van der Waals surface area (Å²) in [5.41, 5.74) is 9.18. The molecule has 4 aromatic carbocycles. The number of ether oxygens (including phenoxy) is 3. The Morgan fingerprint density at radius 1 is 0.786 bits per heavy atom. The minimum Gasteiger partial charge on any atom is -0.491 e. The lowest BCUT2D eigenvalue weighted by Gasteiger charge is -2.22. The Bertz CT molecular complexity index is 1510. The predicted octanol–water partition coefficient (Wildman–Crippen LogP) is 8.01. The van der Waals surface area contributed by atoms with E-state index in [1.807, 2.05) is 30.3 Å². The van der Waals surface area contributed by atoms with Crippen molar-refractivity contribution in [2.24, 2.45) is 0 Å². The molecule has 5 rings (SSSR count). The van der Waals surface area contributed by atoms with Crippen molar-refractivity contribution in [3.63, 3.8) is 0 Å². The van der Waals surface area contributed by atoms with Crippen molar-refractivity contribution in [3.8, 4) is 16.9 Å². The van der Waals surface area contributed by atoms with E-state index in [0.29, 0.717) is 32.0 Å². The summed E-state index contributed by atoms with van der Waals surface area (Å²) < 4.78 is 18.0. The number of benzene rings is 4. The molecule has 1 aliphatic carbocycles. The molecule has 216 valence electrons. The van der Waals surface area contributed by atoms with Crippen LogP contribution >= 0.6 is 0 Å². The molecule has 0 heterocycles. The molecule has 0 bridgehead atoms. The van der Waals surface area contributed by atoms with Gasteiger partial charge in [-0.05, 0) is 76.1 Å². The maximum atomic E-state index is 11.4.